The van der Waals surface area contributed by atoms with Crippen molar-refractivity contribution in [2.24, 2.45) is 5.84 Å². The van der Waals surface area contributed by atoms with Crippen LogP contribution >= 0.6 is 0 Å². The Balaban J connectivity index is 1.52. The first-order chi connectivity index (χ1) is 18.4. The van der Waals surface area contributed by atoms with E-state index in [0.29, 0.717) is 43.2 Å². The highest BCUT2D eigenvalue weighted by atomic mass is 16.5. The Bertz CT molecular complexity index is 1340. The van der Waals surface area contributed by atoms with Crippen molar-refractivity contribution < 1.29 is 19.4 Å². The van der Waals surface area contributed by atoms with E-state index in [-0.39, 0.29) is 18.2 Å². The Hall–Kier alpha value is -4.04. The van der Waals surface area contributed by atoms with Gasteiger partial charge in [0.05, 0.1) is 24.4 Å². The van der Waals surface area contributed by atoms with Crippen LogP contribution in [0.1, 0.15) is 64.2 Å². The summed E-state index contributed by atoms with van der Waals surface area (Å²) < 4.78 is 5.93. The number of ether oxygens (including phenoxy) is 1. The van der Waals surface area contributed by atoms with Gasteiger partial charge in [-0.25, -0.2) is 5.84 Å². The summed E-state index contributed by atoms with van der Waals surface area (Å²) in [6, 6.07) is 19.1. The number of nitrogens with zero attached hydrogens (tertiary/aromatic N) is 2. The summed E-state index contributed by atoms with van der Waals surface area (Å²) in [5.41, 5.74) is 12.2. The van der Waals surface area contributed by atoms with Gasteiger partial charge in [0.15, 0.2) is 0 Å². The lowest BCUT2D eigenvalue weighted by Crippen LogP contribution is -2.36. The van der Waals surface area contributed by atoms with Crippen molar-refractivity contribution in [1.29, 1.82) is 0 Å². The molecule has 0 aromatic heterocycles. The Kier molecular flexibility index (Phi) is 7.51. The maximum absolute atomic E-state index is 13.4. The van der Waals surface area contributed by atoms with Crippen LogP contribution in [0.25, 0.3) is 0 Å². The average molecular weight is 515 g/mol. The molecule has 3 aromatic rings. The van der Waals surface area contributed by atoms with Crippen molar-refractivity contribution in [3.8, 4) is 5.75 Å². The predicted molar refractivity (Wildman–Crippen MR) is 147 cm³/mol. The van der Waals surface area contributed by atoms with Gasteiger partial charge in [-0.05, 0) is 78.3 Å². The number of rotatable bonds is 2. The van der Waals surface area contributed by atoms with E-state index >= 15 is 0 Å². The molecule has 7 bridgehead atoms. The second-order valence-corrected chi connectivity index (χ2v) is 10.1. The maximum Gasteiger partial charge on any atom is 0.304 e. The van der Waals surface area contributed by atoms with Crippen LogP contribution in [0.5, 0.6) is 5.75 Å². The standard InChI is InChI=1S/C30H34N4O4/c31-27-17-22-9-10-28(27)34(32)12-2-1-3-14-38-25-6-4-5-23(16-25)30(37)33-13-11-20-7-8-21(15-24(20)19-33)26(22)18-29(35)36/h4-10,15-17,26H,1-3,11-14,18-19,31-32H2,(H,35,36). The number of hydrazine groups is 1. The third-order valence-corrected chi connectivity index (χ3v) is 7.47. The predicted octanol–water partition coefficient (Wildman–Crippen LogP) is 4.32. The van der Waals surface area contributed by atoms with Crippen molar-refractivity contribution >= 4 is 23.3 Å². The van der Waals surface area contributed by atoms with Gasteiger partial charge in [-0.15, -0.1) is 0 Å². The summed E-state index contributed by atoms with van der Waals surface area (Å²) in [5.74, 6) is 5.70. The Morgan fingerprint density at radius 3 is 2.61 bits per heavy atom. The lowest BCUT2D eigenvalue weighted by Gasteiger charge is -2.30. The van der Waals surface area contributed by atoms with E-state index in [2.05, 4.69) is 6.07 Å². The third kappa shape index (κ3) is 5.60. The van der Waals surface area contributed by atoms with E-state index in [1.54, 1.807) is 5.01 Å². The molecule has 0 saturated carbocycles. The number of nitrogens with two attached hydrogens (primary N) is 2. The highest BCUT2D eigenvalue weighted by Crippen LogP contribution is 2.35. The molecule has 5 N–H and O–H groups in total. The fourth-order valence-electron chi connectivity index (χ4n) is 5.39. The van der Waals surface area contributed by atoms with Gasteiger partial charge in [0, 0.05) is 31.1 Å². The van der Waals surface area contributed by atoms with Crippen molar-refractivity contribution in [3.05, 3.63) is 88.5 Å². The molecule has 0 saturated heterocycles. The van der Waals surface area contributed by atoms with Crippen LogP contribution in [0, 0.1) is 0 Å². The quantitative estimate of drug-likeness (QED) is 0.344. The number of carboxylic acids is 1. The van der Waals surface area contributed by atoms with Crippen LogP contribution < -0.4 is 21.3 Å². The van der Waals surface area contributed by atoms with Crippen LogP contribution in [0.4, 0.5) is 11.4 Å². The van der Waals surface area contributed by atoms with Crippen molar-refractivity contribution in [1.82, 2.24) is 4.90 Å². The third-order valence-electron chi connectivity index (χ3n) is 7.47. The summed E-state index contributed by atoms with van der Waals surface area (Å²) in [5, 5.41) is 11.4. The summed E-state index contributed by atoms with van der Waals surface area (Å²) >= 11 is 0. The van der Waals surface area contributed by atoms with Gasteiger partial charge >= 0.3 is 5.97 Å². The van der Waals surface area contributed by atoms with Crippen LogP contribution in [0.2, 0.25) is 0 Å². The van der Waals surface area contributed by atoms with Gasteiger partial charge in [0.25, 0.3) is 5.91 Å². The van der Waals surface area contributed by atoms with Gasteiger partial charge in [0.2, 0.25) is 0 Å². The number of carbonyl (C=O) groups excluding carboxylic acids is 1. The van der Waals surface area contributed by atoms with E-state index in [4.69, 9.17) is 16.3 Å². The average Bonchev–Trinajstić information content (AvgIpc) is 2.92. The Morgan fingerprint density at radius 2 is 1.79 bits per heavy atom. The van der Waals surface area contributed by atoms with E-state index in [9.17, 15) is 14.7 Å². The van der Waals surface area contributed by atoms with Crippen LogP contribution in [0.15, 0.2) is 60.7 Å². The first-order valence-electron chi connectivity index (χ1n) is 13.2. The fourth-order valence-corrected chi connectivity index (χ4v) is 5.39. The lowest BCUT2D eigenvalue weighted by atomic mass is 9.85. The molecule has 1 amide bonds. The molecule has 3 aromatic carbocycles. The second kappa shape index (κ2) is 11.1. The maximum atomic E-state index is 13.4. The number of hydrogen-bond donors (Lipinski definition) is 3. The minimum Gasteiger partial charge on any atom is -0.494 e. The molecule has 38 heavy (non-hydrogen) atoms. The minimum atomic E-state index is -0.889. The van der Waals surface area contributed by atoms with Crippen molar-refractivity contribution in [3.63, 3.8) is 0 Å². The van der Waals surface area contributed by atoms with E-state index < -0.39 is 5.97 Å². The number of amides is 1. The number of hydrogen-bond acceptors (Lipinski definition) is 6. The van der Waals surface area contributed by atoms with E-state index in [1.165, 1.54) is 5.56 Å². The molecule has 0 aliphatic carbocycles. The number of aliphatic carboxylic acids is 1. The summed E-state index contributed by atoms with van der Waals surface area (Å²) in [4.78, 5) is 27.1. The molecule has 1 unspecified atom stereocenters. The van der Waals surface area contributed by atoms with E-state index in [0.717, 1.165) is 48.1 Å². The first kappa shape index (κ1) is 25.6. The number of anilines is 2. The molecular weight excluding hydrogens is 480 g/mol. The number of carbonyl (C=O) groups is 2. The van der Waals surface area contributed by atoms with Gasteiger partial charge in [-0.3, -0.25) is 9.59 Å². The molecule has 3 aliphatic rings. The molecule has 3 aliphatic heterocycles. The largest absolute Gasteiger partial charge is 0.494 e. The van der Waals surface area contributed by atoms with Gasteiger partial charge in [-0.1, -0.05) is 30.3 Å². The van der Waals surface area contributed by atoms with Crippen LogP contribution in [-0.4, -0.2) is 41.6 Å². The molecular formula is C30H34N4O4. The number of benzene rings is 3. The Morgan fingerprint density at radius 1 is 0.974 bits per heavy atom. The monoisotopic (exact) mass is 514 g/mol. The molecule has 3 heterocycles. The summed E-state index contributed by atoms with van der Waals surface area (Å²) in [6.45, 7) is 2.29. The number of carboxylic acid groups (broad SMARTS) is 1. The normalized spacial score (nSPS) is 18.1. The lowest BCUT2D eigenvalue weighted by molar-refractivity contribution is -0.137. The van der Waals surface area contributed by atoms with Gasteiger partial charge in [0.1, 0.15) is 5.75 Å². The molecule has 8 nitrogen and oxygen atoms in total. The second-order valence-electron chi connectivity index (χ2n) is 10.1. The molecule has 1 atom stereocenters. The number of nitrogen functional groups attached to an aromatic ring is 1. The summed E-state index contributed by atoms with van der Waals surface area (Å²) in [7, 11) is 0. The Labute approximate surface area is 222 Å². The zero-order valence-corrected chi connectivity index (χ0v) is 21.4. The SMILES string of the molecule is Nc1cc2ccc1N(N)CCCCCOc1cccc(c1)C(=O)N1CCc3ccc(cc3C1)C2CC(=O)O. The summed E-state index contributed by atoms with van der Waals surface area (Å²) in [6.07, 6.45) is 3.33. The zero-order chi connectivity index (χ0) is 26.6. The molecule has 0 radical (unpaired) electrons. The van der Waals surface area contributed by atoms with Crippen molar-refractivity contribution in [2.75, 3.05) is 30.4 Å². The molecule has 0 fully saturated rings. The topological polar surface area (TPSA) is 122 Å². The highest BCUT2D eigenvalue weighted by Gasteiger charge is 2.25. The minimum absolute atomic E-state index is 0.0362. The van der Waals surface area contributed by atoms with Gasteiger partial charge in [-0.2, -0.15) is 0 Å². The fraction of sp³-hybridized carbons (Fsp3) is 0.333. The zero-order valence-electron chi connectivity index (χ0n) is 21.4. The van der Waals surface area contributed by atoms with E-state index in [1.807, 2.05) is 59.5 Å². The highest BCUT2D eigenvalue weighted by molar-refractivity contribution is 5.94. The van der Waals surface area contributed by atoms with Crippen LogP contribution in [-0.2, 0) is 17.8 Å². The number of fused-ring (bicyclic) bond motifs is 8. The van der Waals surface area contributed by atoms with Crippen LogP contribution in [0.3, 0.4) is 0 Å². The molecule has 0 spiro atoms. The van der Waals surface area contributed by atoms with Crippen molar-refractivity contribution in [2.45, 2.75) is 44.6 Å². The molecule has 198 valence electrons. The molecule has 8 heteroatoms. The smallest absolute Gasteiger partial charge is 0.304 e. The molecule has 6 rings (SSSR count). The first-order valence-corrected chi connectivity index (χ1v) is 13.2. The van der Waals surface area contributed by atoms with Gasteiger partial charge < -0.3 is 25.5 Å².